The van der Waals surface area contributed by atoms with Gasteiger partial charge in [0.2, 0.25) is 0 Å². The number of aryl methyl sites for hydroxylation is 2. The maximum atomic E-state index is 13.2. The molecule has 29 heavy (non-hydrogen) atoms. The van der Waals surface area contributed by atoms with E-state index >= 15 is 0 Å². The molecule has 2 heterocycles. The van der Waals surface area contributed by atoms with Gasteiger partial charge in [0.05, 0.1) is 27.9 Å². The van der Waals surface area contributed by atoms with E-state index in [0.29, 0.717) is 45.2 Å². The SMILES string of the molecule is O=C(Nc1c(Cl)cncc1Cl)c1ccc(OCC2CC2)c2oc3c(c12)CCCC3. The monoisotopic (exact) mass is 430 g/mol. The summed E-state index contributed by atoms with van der Waals surface area (Å²) in [6.45, 7) is 0.689. The highest BCUT2D eigenvalue weighted by molar-refractivity contribution is 6.39. The topological polar surface area (TPSA) is 64.4 Å². The number of anilines is 1. The molecule has 0 radical (unpaired) electrons. The fourth-order valence-electron chi connectivity index (χ4n) is 3.85. The van der Waals surface area contributed by atoms with Crippen molar-refractivity contribution in [2.24, 2.45) is 5.92 Å². The molecule has 7 heteroatoms. The average molecular weight is 431 g/mol. The predicted molar refractivity (Wildman–Crippen MR) is 113 cm³/mol. The van der Waals surface area contributed by atoms with E-state index in [1.807, 2.05) is 6.07 Å². The molecule has 5 nitrogen and oxygen atoms in total. The van der Waals surface area contributed by atoms with Gasteiger partial charge in [0.15, 0.2) is 11.3 Å². The summed E-state index contributed by atoms with van der Waals surface area (Å²) in [5, 5.41) is 4.26. The molecule has 0 atom stereocenters. The standard InChI is InChI=1S/C22H20Cl2N2O3/c23-15-9-25-10-16(24)20(15)26-22(27)14-7-8-18(28-11-12-5-6-12)21-19(14)13-3-1-2-4-17(13)29-21/h7-10,12H,1-6,11H2,(H,25,26,27). The third kappa shape index (κ3) is 3.58. The van der Waals surface area contributed by atoms with Gasteiger partial charge in [-0.25, -0.2) is 0 Å². The maximum Gasteiger partial charge on any atom is 0.256 e. The Morgan fingerprint density at radius 2 is 1.93 bits per heavy atom. The molecule has 0 saturated heterocycles. The Hall–Kier alpha value is -2.24. The minimum absolute atomic E-state index is 0.284. The molecule has 0 bridgehead atoms. The number of furan rings is 1. The summed E-state index contributed by atoms with van der Waals surface area (Å²) in [6.07, 6.45) is 9.28. The van der Waals surface area contributed by atoms with Gasteiger partial charge in [0, 0.05) is 29.8 Å². The van der Waals surface area contributed by atoms with Crippen LogP contribution in [0.25, 0.3) is 11.0 Å². The summed E-state index contributed by atoms with van der Waals surface area (Å²) in [4.78, 5) is 17.1. The van der Waals surface area contributed by atoms with Crippen LogP contribution in [-0.2, 0) is 12.8 Å². The number of carbonyl (C=O) groups is 1. The number of halogens is 2. The fraction of sp³-hybridized carbons (Fsp3) is 0.364. The third-order valence-electron chi connectivity index (χ3n) is 5.57. The first kappa shape index (κ1) is 18.8. The number of ether oxygens (including phenoxy) is 1. The van der Waals surface area contributed by atoms with Crippen LogP contribution in [0.2, 0.25) is 10.0 Å². The number of amides is 1. The smallest absolute Gasteiger partial charge is 0.256 e. The van der Waals surface area contributed by atoms with Crippen molar-refractivity contribution in [3.8, 4) is 5.75 Å². The molecule has 5 rings (SSSR count). The number of hydrogen-bond acceptors (Lipinski definition) is 4. The van der Waals surface area contributed by atoms with Gasteiger partial charge in [-0.05, 0) is 50.2 Å². The minimum Gasteiger partial charge on any atom is -0.489 e. The van der Waals surface area contributed by atoms with Gasteiger partial charge in [-0.15, -0.1) is 0 Å². The number of benzene rings is 1. The van der Waals surface area contributed by atoms with Gasteiger partial charge in [0.1, 0.15) is 5.76 Å². The second kappa shape index (κ2) is 7.54. The van der Waals surface area contributed by atoms with Gasteiger partial charge >= 0.3 is 0 Å². The van der Waals surface area contributed by atoms with Crippen LogP contribution in [0.5, 0.6) is 5.75 Å². The molecule has 1 aromatic carbocycles. The number of nitrogens with one attached hydrogen (secondary N) is 1. The van der Waals surface area contributed by atoms with Crippen molar-refractivity contribution < 1.29 is 13.9 Å². The lowest BCUT2D eigenvalue weighted by Crippen LogP contribution is -2.14. The van der Waals surface area contributed by atoms with Crippen molar-refractivity contribution in [3.05, 3.63) is 51.5 Å². The first-order valence-corrected chi connectivity index (χ1v) is 10.7. The van der Waals surface area contributed by atoms with Crippen molar-refractivity contribution in [3.63, 3.8) is 0 Å². The quantitative estimate of drug-likeness (QED) is 0.534. The number of aromatic nitrogens is 1. The normalized spacial score (nSPS) is 15.9. The molecule has 2 aliphatic rings. The average Bonchev–Trinajstić information content (AvgIpc) is 3.47. The van der Waals surface area contributed by atoms with Crippen molar-refractivity contribution in [2.75, 3.05) is 11.9 Å². The first-order chi connectivity index (χ1) is 14.1. The Labute approximate surface area is 178 Å². The zero-order valence-electron chi connectivity index (χ0n) is 15.8. The molecule has 3 aromatic rings. The van der Waals surface area contributed by atoms with Crippen LogP contribution in [-0.4, -0.2) is 17.5 Å². The predicted octanol–water partition coefficient (Wildman–Crippen LogP) is 6.05. The number of nitrogens with zero attached hydrogens (tertiary/aromatic N) is 1. The number of carbonyl (C=O) groups excluding carboxylic acids is 1. The van der Waals surface area contributed by atoms with Gasteiger partial charge in [-0.3, -0.25) is 9.78 Å². The summed E-state index contributed by atoms with van der Waals surface area (Å²) >= 11 is 12.4. The largest absolute Gasteiger partial charge is 0.489 e. The van der Waals surface area contributed by atoms with Crippen LogP contribution in [0.1, 0.15) is 47.4 Å². The lowest BCUT2D eigenvalue weighted by molar-refractivity contribution is 0.102. The summed E-state index contributed by atoms with van der Waals surface area (Å²) in [7, 11) is 0. The molecule has 1 saturated carbocycles. The second-order valence-corrected chi connectivity index (χ2v) is 8.53. The van der Waals surface area contributed by atoms with Gasteiger partial charge in [-0.2, -0.15) is 0 Å². The van der Waals surface area contributed by atoms with Crippen LogP contribution in [0, 0.1) is 5.92 Å². The van der Waals surface area contributed by atoms with Crippen molar-refractivity contribution >= 4 is 45.8 Å². The Morgan fingerprint density at radius 1 is 1.17 bits per heavy atom. The Kier molecular flexibility index (Phi) is 4.88. The van der Waals surface area contributed by atoms with E-state index in [1.54, 1.807) is 6.07 Å². The van der Waals surface area contributed by atoms with Crippen LogP contribution in [0.15, 0.2) is 28.9 Å². The number of hydrogen-bond donors (Lipinski definition) is 1. The molecule has 2 aliphatic carbocycles. The molecule has 150 valence electrons. The van der Waals surface area contributed by atoms with Crippen LogP contribution in [0.3, 0.4) is 0 Å². The highest BCUT2D eigenvalue weighted by Crippen LogP contribution is 2.40. The summed E-state index contributed by atoms with van der Waals surface area (Å²) in [6, 6.07) is 3.62. The summed E-state index contributed by atoms with van der Waals surface area (Å²) < 4.78 is 12.2. The number of pyridine rings is 1. The highest BCUT2D eigenvalue weighted by Gasteiger charge is 2.27. The van der Waals surface area contributed by atoms with Crippen molar-refractivity contribution in [1.82, 2.24) is 4.98 Å². The molecule has 1 fully saturated rings. The van der Waals surface area contributed by atoms with E-state index in [-0.39, 0.29) is 5.91 Å². The van der Waals surface area contributed by atoms with Crippen LogP contribution >= 0.6 is 23.2 Å². The van der Waals surface area contributed by atoms with Crippen molar-refractivity contribution in [2.45, 2.75) is 38.5 Å². The lowest BCUT2D eigenvalue weighted by Gasteiger charge is -2.13. The molecule has 1 amide bonds. The summed E-state index contributed by atoms with van der Waals surface area (Å²) in [5.41, 5.74) is 2.67. The molecule has 0 aliphatic heterocycles. The zero-order chi connectivity index (χ0) is 20.0. The van der Waals surface area contributed by atoms with E-state index in [0.717, 1.165) is 42.4 Å². The zero-order valence-corrected chi connectivity index (χ0v) is 17.3. The van der Waals surface area contributed by atoms with E-state index in [2.05, 4.69) is 10.3 Å². The minimum atomic E-state index is -0.284. The summed E-state index contributed by atoms with van der Waals surface area (Å²) in [5.74, 6) is 2.02. The molecular weight excluding hydrogens is 411 g/mol. The third-order valence-corrected chi connectivity index (χ3v) is 6.15. The molecule has 0 unspecified atom stereocenters. The Bertz CT molecular complexity index is 1080. The molecular formula is C22H20Cl2N2O3. The first-order valence-electron chi connectivity index (χ1n) is 9.92. The second-order valence-electron chi connectivity index (χ2n) is 7.71. The fourth-order valence-corrected chi connectivity index (χ4v) is 4.31. The van der Waals surface area contributed by atoms with Gasteiger partial charge in [0.25, 0.3) is 5.91 Å². The Balaban J connectivity index is 1.56. The number of fused-ring (bicyclic) bond motifs is 3. The van der Waals surface area contributed by atoms with E-state index < -0.39 is 0 Å². The highest BCUT2D eigenvalue weighted by atomic mass is 35.5. The van der Waals surface area contributed by atoms with Crippen LogP contribution in [0.4, 0.5) is 5.69 Å². The van der Waals surface area contributed by atoms with E-state index in [9.17, 15) is 4.79 Å². The van der Waals surface area contributed by atoms with Gasteiger partial charge in [-0.1, -0.05) is 23.2 Å². The maximum absolute atomic E-state index is 13.2. The van der Waals surface area contributed by atoms with E-state index in [1.165, 1.54) is 25.2 Å². The molecule has 2 aromatic heterocycles. The number of rotatable bonds is 5. The Morgan fingerprint density at radius 3 is 2.69 bits per heavy atom. The molecule has 0 spiro atoms. The lowest BCUT2D eigenvalue weighted by atomic mass is 9.93. The van der Waals surface area contributed by atoms with Crippen LogP contribution < -0.4 is 10.1 Å². The molecule has 1 N–H and O–H groups in total. The van der Waals surface area contributed by atoms with E-state index in [4.69, 9.17) is 32.4 Å². The van der Waals surface area contributed by atoms with Gasteiger partial charge < -0.3 is 14.5 Å². The van der Waals surface area contributed by atoms with Crippen molar-refractivity contribution in [1.29, 1.82) is 0 Å².